The van der Waals surface area contributed by atoms with Crippen molar-refractivity contribution in [2.75, 3.05) is 26.2 Å². The number of nitrogens with one attached hydrogen (secondary N) is 2. The van der Waals surface area contributed by atoms with Gasteiger partial charge >= 0.3 is 0 Å². The SMILES string of the molecule is CCCCN1CCC(NC(=O)c2ccc(S(=O)(=O)NCCc3cccs3)cc2)CC1. The Labute approximate surface area is 183 Å². The summed E-state index contributed by atoms with van der Waals surface area (Å²) in [6.45, 7) is 5.71. The number of sulfonamides is 1. The van der Waals surface area contributed by atoms with Gasteiger partial charge in [0.1, 0.15) is 0 Å². The van der Waals surface area contributed by atoms with Gasteiger partial charge in [-0.25, -0.2) is 13.1 Å². The highest BCUT2D eigenvalue weighted by molar-refractivity contribution is 7.89. The standard InChI is InChI=1S/C22H31N3O3S2/c1-2-3-14-25-15-11-19(12-16-25)24-22(26)18-6-8-21(9-7-18)30(27,28)23-13-10-20-5-4-17-29-20/h4-9,17,19,23H,2-3,10-16H2,1H3,(H,24,26). The average Bonchev–Trinajstić information content (AvgIpc) is 3.27. The van der Waals surface area contributed by atoms with Crippen molar-refractivity contribution in [2.24, 2.45) is 0 Å². The molecule has 0 radical (unpaired) electrons. The monoisotopic (exact) mass is 449 g/mol. The predicted octanol–water partition coefficient (Wildman–Crippen LogP) is 3.26. The quantitative estimate of drug-likeness (QED) is 0.584. The highest BCUT2D eigenvalue weighted by Crippen LogP contribution is 2.15. The zero-order chi connectivity index (χ0) is 21.4. The summed E-state index contributed by atoms with van der Waals surface area (Å²) in [5, 5.41) is 5.07. The molecule has 0 saturated carbocycles. The van der Waals surface area contributed by atoms with Gasteiger partial charge in [0.2, 0.25) is 10.0 Å². The lowest BCUT2D eigenvalue weighted by atomic mass is 10.0. The van der Waals surface area contributed by atoms with Crippen LogP contribution in [0.3, 0.4) is 0 Å². The van der Waals surface area contributed by atoms with Gasteiger partial charge in [-0.1, -0.05) is 19.4 Å². The lowest BCUT2D eigenvalue weighted by molar-refractivity contribution is 0.0910. The summed E-state index contributed by atoms with van der Waals surface area (Å²) in [6.07, 6.45) is 4.99. The van der Waals surface area contributed by atoms with Crippen LogP contribution in [0.5, 0.6) is 0 Å². The average molecular weight is 450 g/mol. The molecule has 1 aliphatic heterocycles. The molecule has 1 aliphatic rings. The molecule has 1 amide bonds. The molecule has 3 rings (SSSR count). The van der Waals surface area contributed by atoms with E-state index in [1.165, 1.54) is 25.0 Å². The van der Waals surface area contributed by atoms with Gasteiger partial charge in [0, 0.05) is 36.1 Å². The number of likely N-dealkylation sites (tertiary alicyclic amines) is 1. The van der Waals surface area contributed by atoms with Gasteiger partial charge in [0.25, 0.3) is 5.91 Å². The minimum atomic E-state index is -3.58. The molecule has 1 saturated heterocycles. The first kappa shape index (κ1) is 22.9. The molecule has 8 heteroatoms. The Morgan fingerprint density at radius 2 is 1.90 bits per heavy atom. The van der Waals surface area contributed by atoms with Gasteiger partial charge in [0.15, 0.2) is 0 Å². The minimum Gasteiger partial charge on any atom is -0.349 e. The highest BCUT2D eigenvalue weighted by Gasteiger charge is 2.21. The maximum Gasteiger partial charge on any atom is 0.251 e. The van der Waals surface area contributed by atoms with Crippen LogP contribution in [-0.2, 0) is 16.4 Å². The van der Waals surface area contributed by atoms with Crippen LogP contribution < -0.4 is 10.0 Å². The normalized spacial score (nSPS) is 15.9. The zero-order valence-electron chi connectivity index (χ0n) is 17.5. The lowest BCUT2D eigenvalue weighted by Crippen LogP contribution is -2.44. The van der Waals surface area contributed by atoms with Gasteiger partial charge in [-0.05, 0) is 67.9 Å². The summed E-state index contributed by atoms with van der Waals surface area (Å²) < 4.78 is 27.5. The molecule has 1 aromatic heterocycles. The minimum absolute atomic E-state index is 0.142. The third-order valence-corrected chi connectivity index (χ3v) is 7.83. The van der Waals surface area contributed by atoms with E-state index in [-0.39, 0.29) is 16.8 Å². The summed E-state index contributed by atoms with van der Waals surface area (Å²) in [5.74, 6) is -0.142. The van der Waals surface area contributed by atoms with Crippen molar-refractivity contribution in [3.8, 4) is 0 Å². The summed E-state index contributed by atoms with van der Waals surface area (Å²) in [6, 6.07) is 10.3. The molecule has 30 heavy (non-hydrogen) atoms. The number of amides is 1. The Kier molecular flexibility index (Phi) is 8.44. The number of nitrogens with zero attached hydrogens (tertiary/aromatic N) is 1. The van der Waals surface area contributed by atoms with Crippen LogP contribution in [0.1, 0.15) is 47.8 Å². The van der Waals surface area contributed by atoms with Crippen LogP contribution in [-0.4, -0.2) is 51.4 Å². The first-order valence-electron chi connectivity index (χ1n) is 10.6. The number of rotatable bonds is 10. The van der Waals surface area contributed by atoms with E-state index in [9.17, 15) is 13.2 Å². The van der Waals surface area contributed by atoms with Crippen molar-refractivity contribution in [1.29, 1.82) is 0 Å². The zero-order valence-corrected chi connectivity index (χ0v) is 19.1. The second kappa shape index (κ2) is 11.0. The molecular weight excluding hydrogens is 418 g/mol. The largest absolute Gasteiger partial charge is 0.349 e. The smallest absolute Gasteiger partial charge is 0.251 e. The van der Waals surface area contributed by atoms with Crippen LogP contribution in [0, 0.1) is 0 Å². The maximum atomic E-state index is 12.5. The summed E-state index contributed by atoms with van der Waals surface area (Å²) in [5.41, 5.74) is 0.487. The number of unbranched alkanes of at least 4 members (excludes halogenated alkanes) is 1. The Bertz CT molecular complexity index is 888. The van der Waals surface area contributed by atoms with Gasteiger partial charge in [-0.2, -0.15) is 0 Å². The van der Waals surface area contributed by atoms with E-state index in [4.69, 9.17) is 0 Å². The number of thiophene rings is 1. The van der Waals surface area contributed by atoms with Crippen molar-refractivity contribution in [2.45, 2.75) is 50.0 Å². The van der Waals surface area contributed by atoms with E-state index in [1.807, 2.05) is 17.5 Å². The Morgan fingerprint density at radius 3 is 2.53 bits per heavy atom. The molecule has 0 atom stereocenters. The van der Waals surface area contributed by atoms with Crippen LogP contribution in [0.25, 0.3) is 0 Å². The third-order valence-electron chi connectivity index (χ3n) is 5.42. The van der Waals surface area contributed by atoms with Crippen LogP contribution in [0.15, 0.2) is 46.7 Å². The van der Waals surface area contributed by atoms with Crippen molar-refractivity contribution >= 4 is 27.3 Å². The number of piperidine rings is 1. The predicted molar refractivity (Wildman–Crippen MR) is 121 cm³/mol. The molecule has 2 aromatic rings. The molecule has 2 N–H and O–H groups in total. The van der Waals surface area contributed by atoms with Gasteiger partial charge < -0.3 is 10.2 Å². The van der Waals surface area contributed by atoms with Crippen molar-refractivity contribution < 1.29 is 13.2 Å². The fourth-order valence-electron chi connectivity index (χ4n) is 3.58. The van der Waals surface area contributed by atoms with E-state index in [0.29, 0.717) is 18.5 Å². The van der Waals surface area contributed by atoms with Gasteiger partial charge in [0.05, 0.1) is 4.90 Å². The molecule has 1 fully saturated rings. The van der Waals surface area contributed by atoms with Crippen molar-refractivity contribution in [1.82, 2.24) is 14.9 Å². The van der Waals surface area contributed by atoms with E-state index < -0.39 is 10.0 Å². The fourth-order valence-corrected chi connectivity index (χ4v) is 5.32. The molecule has 1 aromatic carbocycles. The molecule has 0 unspecified atom stereocenters. The van der Waals surface area contributed by atoms with Crippen LogP contribution >= 0.6 is 11.3 Å². The van der Waals surface area contributed by atoms with E-state index in [1.54, 1.807) is 23.5 Å². The Balaban J connectivity index is 1.48. The van der Waals surface area contributed by atoms with Crippen molar-refractivity contribution in [3.63, 3.8) is 0 Å². The first-order chi connectivity index (χ1) is 14.5. The molecule has 6 nitrogen and oxygen atoms in total. The Morgan fingerprint density at radius 1 is 1.17 bits per heavy atom. The molecule has 2 heterocycles. The molecule has 164 valence electrons. The van der Waals surface area contributed by atoms with Crippen LogP contribution in [0.2, 0.25) is 0 Å². The van der Waals surface area contributed by atoms with Gasteiger partial charge in [-0.15, -0.1) is 11.3 Å². The number of hydrogen-bond acceptors (Lipinski definition) is 5. The second-order valence-corrected chi connectivity index (χ2v) is 10.5. The number of hydrogen-bond donors (Lipinski definition) is 2. The maximum absolute atomic E-state index is 12.5. The number of benzene rings is 1. The van der Waals surface area contributed by atoms with Crippen molar-refractivity contribution in [3.05, 3.63) is 52.2 Å². The summed E-state index contributed by atoms with van der Waals surface area (Å²) >= 11 is 1.61. The van der Waals surface area contributed by atoms with E-state index in [0.717, 1.165) is 37.4 Å². The highest BCUT2D eigenvalue weighted by atomic mass is 32.2. The summed E-state index contributed by atoms with van der Waals surface area (Å²) in [4.78, 5) is 16.3. The fraction of sp³-hybridized carbons (Fsp3) is 0.500. The molecule has 0 aliphatic carbocycles. The molecular formula is C22H31N3O3S2. The molecule has 0 spiro atoms. The second-order valence-electron chi connectivity index (χ2n) is 7.69. The van der Waals surface area contributed by atoms with Crippen LogP contribution in [0.4, 0.5) is 0 Å². The number of carbonyl (C=O) groups excluding carboxylic acids is 1. The summed E-state index contributed by atoms with van der Waals surface area (Å²) in [7, 11) is -3.58. The van der Waals surface area contributed by atoms with E-state index >= 15 is 0 Å². The first-order valence-corrected chi connectivity index (χ1v) is 13.0. The van der Waals surface area contributed by atoms with Gasteiger partial charge in [-0.3, -0.25) is 4.79 Å². The Hall–Kier alpha value is -1.74. The molecule has 0 bridgehead atoms. The topological polar surface area (TPSA) is 78.5 Å². The third kappa shape index (κ3) is 6.63. The van der Waals surface area contributed by atoms with E-state index in [2.05, 4.69) is 21.9 Å². The number of carbonyl (C=O) groups is 1. The lowest BCUT2D eigenvalue weighted by Gasteiger charge is -2.32.